The standard InChI is InChI=1S/C18H24N4O/c1-3-21(14-16-7-5-4-6-8-16)18-19-15(2)13-17(20-18)22-9-11-23-12-10-22/h4-8,13H,3,9-12,14H2,1-2H3. The Hall–Kier alpha value is -2.14. The minimum Gasteiger partial charge on any atom is -0.378 e. The molecule has 5 nitrogen and oxygen atoms in total. The van der Waals surface area contributed by atoms with Gasteiger partial charge in [-0.1, -0.05) is 30.3 Å². The first kappa shape index (κ1) is 15.7. The number of hydrogen-bond donors (Lipinski definition) is 0. The van der Waals surface area contributed by atoms with Crippen molar-refractivity contribution in [1.29, 1.82) is 0 Å². The Morgan fingerprint density at radius 3 is 2.57 bits per heavy atom. The quantitative estimate of drug-likeness (QED) is 0.849. The largest absolute Gasteiger partial charge is 0.378 e. The van der Waals surface area contributed by atoms with Crippen LogP contribution in [-0.4, -0.2) is 42.8 Å². The van der Waals surface area contributed by atoms with Gasteiger partial charge in [0.15, 0.2) is 0 Å². The van der Waals surface area contributed by atoms with Crippen LogP contribution in [0.25, 0.3) is 0 Å². The van der Waals surface area contributed by atoms with Crippen molar-refractivity contribution in [2.24, 2.45) is 0 Å². The first-order valence-corrected chi connectivity index (χ1v) is 8.23. The molecule has 1 saturated heterocycles. The van der Waals surface area contributed by atoms with Crippen LogP contribution in [0.15, 0.2) is 36.4 Å². The van der Waals surface area contributed by atoms with Gasteiger partial charge in [-0.05, 0) is 19.4 Å². The van der Waals surface area contributed by atoms with E-state index < -0.39 is 0 Å². The van der Waals surface area contributed by atoms with Gasteiger partial charge in [0.05, 0.1) is 13.2 Å². The summed E-state index contributed by atoms with van der Waals surface area (Å²) < 4.78 is 5.43. The molecule has 0 saturated carbocycles. The Morgan fingerprint density at radius 2 is 1.87 bits per heavy atom. The van der Waals surface area contributed by atoms with E-state index in [1.807, 2.05) is 13.0 Å². The predicted molar refractivity (Wildman–Crippen MR) is 93.0 cm³/mol. The van der Waals surface area contributed by atoms with E-state index in [0.717, 1.165) is 56.9 Å². The molecule has 1 fully saturated rings. The topological polar surface area (TPSA) is 41.5 Å². The Morgan fingerprint density at radius 1 is 1.13 bits per heavy atom. The predicted octanol–water partition coefficient (Wildman–Crippen LogP) is 2.65. The van der Waals surface area contributed by atoms with E-state index in [0.29, 0.717) is 0 Å². The second kappa shape index (κ2) is 7.42. The zero-order chi connectivity index (χ0) is 16.1. The highest BCUT2D eigenvalue weighted by Gasteiger charge is 2.16. The SMILES string of the molecule is CCN(Cc1ccccc1)c1nc(C)cc(N2CCOCC2)n1. The van der Waals surface area contributed by atoms with E-state index in [9.17, 15) is 0 Å². The Labute approximate surface area is 137 Å². The molecule has 5 heteroatoms. The van der Waals surface area contributed by atoms with Crippen LogP contribution in [0.5, 0.6) is 0 Å². The van der Waals surface area contributed by atoms with Crippen molar-refractivity contribution in [1.82, 2.24) is 9.97 Å². The average Bonchev–Trinajstić information content (AvgIpc) is 2.61. The second-order valence-corrected chi connectivity index (χ2v) is 5.77. The third-order valence-electron chi connectivity index (χ3n) is 4.04. The molecule has 0 amide bonds. The lowest BCUT2D eigenvalue weighted by atomic mass is 10.2. The zero-order valence-corrected chi connectivity index (χ0v) is 13.9. The summed E-state index contributed by atoms with van der Waals surface area (Å²) >= 11 is 0. The van der Waals surface area contributed by atoms with Crippen LogP contribution in [0.1, 0.15) is 18.2 Å². The Kier molecular flexibility index (Phi) is 5.08. The van der Waals surface area contributed by atoms with Gasteiger partial charge in [-0.25, -0.2) is 4.98 Å². The zero-order valence-electron chi connectivity index (χ0n) is 13.9. The van der Waals surface area contributed by atoms with Crippen molar-refractivity contribution >= 4 is 11.8 Å². The van der Waals surface area contributed by atoms with Gasteiger partial charge in [-0.15, -0.1) is 0 Å². The normalized spacial score (nSPS) is 14.8. The van der Waals surface area contributed by atoms with Gasteiger partial charge in [-0.2, -0.15) is 4.98 Å². The third-order valence-corrected chi connectivity index (χ3v) is 4.04. The van der Waals surface area contributed by atoms with Crippen LogP contribution >= 0.6 is 0 Å². The molecular formula is C18H24N4O. The van der Waals surface area contributed by atoms with E-state index in [-0.39, 0.29) is 0 Å². The molecule has 0 radical (unpaired) electrons. The fourth-order valence-electron chi connectivity index (χ4n) is 2.76. The third kappa shape index (κ3) is 3.99. The number of ether oxygens (including phenoxy) is 1. The van der Waals surface area contributed by atoms with Crippen LogP contribution in [0, 0.1) is 6.92 Å². The van der Waals surface area contributed by atoms with E-state index in [4.69, 9.17) is 9.72 Å². The summed E-state index contributed by atoms with van der Waals surface area (Å²) in [6.07, 6.45) is 0. The van der Waals surface area contributed by atoms with E-state index in [2.05, 4.69) is 52.0 Å². The number of morpholine rings is 1. The first-order chi connectivity index (χ1) is 11.3. The van der Waals surface area contributed by atoms with E-state index in [1.54, 1.807) is 0 Å². The lowest BCUT2D eigenvalue weighted by Gasteiger charge is -2.29. The van der Waals surface area contributed by atoms with E-state index in [1.165, 1.54) is 5.56 Å². The van der Waals surface area contributed by atoms with Gasteiger partial charge in [0, 0.05) is 37.9 Å². The molecule has 2 aromatic rings. The van der Waals surface area contributed by atoms with Crippen molar-refractivity contribution < 1.29 is 4.74 Å². The van der Waals surface area contributed by atoms with Gasteiger partial charge in [-0.3, -0.25) is 0 Å². The van der Waals surface area contributed by atoms with Crippen molar-refractivity contribution in [3.8, 4) is 0 Å². The second-order valence-electron chi connectivity index (χ2n) is 5.77. The first-order valence-electron chi connectivity index (χ1n) is 8.23. The maximum absolute atomic E-state index is 5.43. The van der Waals surface area contributed by atoms with Crippen molar-refractivity contribution in [2.75, 3.05) is 42.6 Å². The van der Waals surface area contributed by atoms with Gasteiger partial charge in [0.25, 0.3) is 0 Å². The summed E-state index contributed by atoms with van der Waals surface area (Å²) in [5.41, 5.74) is 2.27. The molecular weight excluding hydrogens is 288 g/mol. The molecule has 3 rings (SSSR count). The van der Waals surface area contributed by atoms with Crippen molar-refractivity contribution in [3.63, 3.8) is 0 Å². The summed E-state index contributed by atoms with van der Waals surface area (Å²) in [6.45, 7) is 9.18. The molecule has 1 aromatic carbocycles. The highest BCUT2D eigenvalue weighted by atomic mass is 16.5. The lowest BCUT2D eigenvalue weighted by Crippen LogP contribution is -2.37. The molecule has 0 N–H and O–H groups in total. The number of aryl methyl sites for hydroxylation is 1. The van der Waals surface area contributed by atoms with Crippen LogP contribution in [0.4, 0.5) is 11.8 Å². The fraction of sp³-hybridized carbons (Fsp3) is 0.444. The van der Waals surface area contributed by atoms with Gasteiger partial charge < -0.3 is 14.5 Å². The number of hydrogen-bond acceptors (Lipinski definition) is 5. The number of aromatic nitrogens is 2. The maximum atomic E-state index is 5.43. The summed E-state index contributed by atoms with van der Waals surface area (Å²) in [7, 11) is 0. The average molecular weight is 312 g/mol. The van der Waals surface area contributed by atoms with E-state index >= 15 is 0 Å². The molecule has 2 heterocycles. The highest BCUT2D eigenvalue weighted by molar-refractivity contribution is 5.46. The summed E-state index contributed by atoms with van der Waals surface area (Å²) in [5, 5.41) is 0. The lowest BCUT2D eigenvalue weighted by molar-refractivity contribution is 0.122. The van der Waals surface area contributed by atoms with Crippen LogP contribution in [-0.2, 0) is 11.3 Å². The minimum atomic E-state index is 0.764. The molecule has 23 heavy (non-hydrogen) atoms. The summed E-state index contributed by atoms with van der Waals surface area (Å²) in [5.74, 6) is 1.81. The molecule has 0 unspecified atom stereocenters. The molecule has 0 aliphatic carbocycles. The molecule has 1 aliphatic rings. The van der Waals surface area contributed by atoms with Crippen molar-refractivity contribution in [2.45, 2.75) is 20.4 Å². The Balaban J connectivity index is 1.83. The number of anilines is 2. The Bertz CT molecular complexity index is 626. The summed E-state index contributed by atoms with van der Waals surface area (Å²) in [6, 6.07) is 12.5. The van der Waals surface area contributed by atoms with Gasteiger partial charge in [0.2, 0.25) is 5.95 Å². The number of benzene rings is 1. The number of nitrogens with zero attached hydrogens (tertiary/aromatic N) is 4. The molecule has 1 aliphatic heterocycles. The summed E-state index contributed by atoms with van der Waals surface area (Å²) in [4.78, 5) is 14.0. The molecule has 0 spiro atoms. The smallest absolute Gasteiger partial charge is 0.227 e. The fourth-order valence-corrected chi connectivity index (χ4v) is 2.76. The molecule has 1 aromatic heterocycles. The van der Waals surface area contributed by atoms with Crippen LogP contribution in [0.2, 0.25) is 0 Å². The highest BCUT2D eigenvalue weighted by Crippen LogP contribution is 2.20. The molecule has 0 atom stereocenters. The molecule has 0 bridgehead atoms. The molecule has 122 valence electrons. The van der Waals surface area contributed by atoms with Crippen LogP contribution < -0.4 is 9.80 Å². The number of rotatable bonds is 5. The maximum Gasteiger partial charge on any atom is 0.227 e. The van der Waals surface area contributed by atoms with Gasteiger partial charge in [0.1, 0.15) is 5.82 Å². The monoisotopic (exact) mass is 312 g/mol. The van der Waals surface area contributed by atoms with Crippen LogP contribution in [0.3, 0.4) is 0 Å². The van der Waals surface area contributed by atoms with Gasteiger partial charge >= 0.3 is 0 Å². The minimum absolute atomic E-state index is 0.764. The van der Waals surface area contributed by atoms with Crippen molar-refractivity contribution in [3.05, 3.63) is 47.7 Å².